The van der Waals surface area contributed by atoms with Gasteiger partial charge < -0.3 is 15.5 Å². The molecule has 0 heterocycles. The molecule has 1 aliphatic rings. The molecule has 0 unspecified atom stereocenters. The number of likely N-dealkylation sites (N-methyl/N-ethyl adjacent to an activating group) is 1. The SMILES string of the molecule is Cc1cc(Br)ccc1NC(=O)CN(C)C(=O)C[NH2+]C1CCCCCCC1. The van der Waals surface area contributed by atoms with E-state index >= 15 is 0 Å². The van der Waals surface area contributed by atoms with Crippen LogP contribution in [0.15, 0.2) is 22.7 Å². The van der Waals surface area contributed by atoms with E-state index in [1.54, 1.807) is 7.05 Å². The quantitative estimate of drug-likeness (QED) is 0.736. The van der Waals surface area contributed by atoms with E-state index in [0.717, 1.165) is 15.7 Å². The zero-order valence-corrected chi connectivity index (χ0v) is 17.5. The fourth-order valence-corrected chi connectivity index (χ4v) is 3.88. The van der Waals surface area contributed by atoms with Crippen LogP contribution in [-0.4, -0.2) is 42.9 Å². The van der Waals surface area contributed by atoms with Gasteiger partial charge >= 0.3 is 0 Å². The molecule has 0 spiro atoms. The molecule has 6 heteroatoms. The lowest BCUT2D eigenvalue weighted by atomic mass is 9.97. The van der Waals surface area contributed by atoms with E-state index in [4.69, 9.17) is 0 Å². The maximum absolute atomic E-state index is 12.3. The van der Waals surface area contributed by atoms with Crippen LogP contribution in [0.4, 0.5) is 5.69 Å². The molecule has 2 rings (SSSR count). The van der Waals surface area contributed by atoms with Crippen molar-refractivity contribution in [3.8, 4) is 0 Å². The number of amides is 2. The molecule has 3 N–H and O–H groups in total. The Balaban J connectivity index is 1.75. The summed E-state index contributed by atoms with van der Waals surface area (Å²) in [5, 5.41) is 5.05. The second kappa shape index (κ2) is 10.7. The van der Waals surface area contributed by atoms with Gasteiger partial charge in [-0.15, -0.1) is 0 Å². The Morgan fingerprint density at radius 2 is 1.85 bits per heavy atom. The molecule has 0 bridgehead atoms. The van der Waals surface area contributed by atoms with Gasteiger partial charge in [0.2, 0.25) is 5.91 Å². The van der Waals surface area contributed by atoms with Crippen molar-refractivity contribution in [2.45, 2.75) is 57.9 Å². The summed E-state index contributed by atoms with van der Waals surface area (Å²) in [6.07, 6.45) is 8.89. The zero-order chi connectivity index (χ0) is 18.9. The number of quaternary nitrogens is 1. The van der Waals surface area contributed by atoms with Crippen LogP contribution in [-0.2, 0) is 9.59 Å². The highest BCUT2D eigenvalue weighted by Gasteiger charge is 2.19. The Bertz CT molecular complexity index is 613. The fourth-order valence-electron chi connectivity index (χ4n) is 3.41. The van der Waals surface area contributed by atoms with Crippen LogP contribution in [0, 0.1) is 6.92 Å². The lowest BCUT2D eigenvalue weighted by Gasteiger charge is -2.20. The van der Waals surface area contributed by atoms with Crippen molar-refractivity contribution in [2.75, 3.05) is 25.5 Å². The summed E-state index contributed by atoms with van der Waals surface area (Å²) in [5.74, 6) is -0.160. The molecule has 0 aromatic heterocycles. The van der Waals surface area contributed by atoms with Crippen molar-refractivity contribution in [1.29, 1.82) is 0 Å². The summed E-state index contributed by atoms with van der Waals surface area (Å²) in [4.78, 5) is 26.1. The topological polar surface area (TPSA) is 66.0 Å². The van der Waals surface area contributed by atoms with Crippen molar-refractivity contribution >= 4 is 33.4 Å². The first-order valence-electron chi connectivity index (χ1n) is 9.59. The Morgan fingerprint density at radius 3 is 2.50 bits per heavy atom. The van der Waals surface area contributed by atoms with E-state index in [9.17, 15) is 9.59 Å². The highest BCUT2D eigenvalue weighted by molar-refractivity contribution is 9.10. The average molecular weight is 425 g/mol. The number of nitrogens with two attached hydrogens (primary N) is 1. The number of carbonyl (C=O) groups excluding carboxylic acids is 2. The number of anilines is 1. The lowest BCUT2D eigenvalue weighted by molar-refractivity contribution is -0.681. The minimum absolute atomic E-state index is 0.00902. The molecular formula is C20H31BrN3O2+. The van der Waals surface area contributed by atoms with Crippen molar-refractivity contribution in [3.63, 3.8) is 0 Å². The molecule has 5 nitrogen and oxygen atoms in total. The number of nitrogens with one attached hydrogen (secondary N) is 1. The van der Waals surface area contributed by atoms with Crippen molar-refractivity contribution in [1.82, 2.24) is 4.90 Å². The Hall–Kier alpha value is -1.40. The van der Waals surface area contributed by atoms with Crippen LogP contribution in [0.3, 0.4) is 0 Å². The number of carbonyl (C=O) groups is 2. The van der Waals surface area contributed by atoms with Gasteiger partial charge in [0.05, 0.1) is 12.6 Å². The summed E-state index contributed by atoms with van der Waals surface area (Å²) >= 11 is 3.41. The molecule has 144 valence electrons. The predicted molar refractivity (Wildman–Crippen MR) is 108 cm³/mol. The number of aryl methyl sites for hydroxylation is 1. The molecule has 2 amide bonds. The van der Waals surface area contributed by atoms with Crippen molar-refractivity contribution in [2.24, 2.45) is 0 Å². The first-order chi connectivity index (χ1) is 12.5. The van der Waals surface area contributed by atoms with Gasteiger partial charge in [0.25, 0.3) is 5.91 Å². The summed E-state index contributed by atoms with van der Waals surface area (Å²) < 4.78 is 0.977. The zero-order valence-electron chi connectivity index (χ0n) is 15.9. The third kappa shape index (κ3) is 7.08. The van der Waals surface area contributed by atoms with Crippen LogP contribution < -0.4 is 10.6 Å². The van der Waals surface area contributed by atoms with Gasteiger partial charge in [-0.3, -0.25) is 9.59 Å². The Kier molecular flexibility index (Phi) is 8.59. The maximum Gasteiger partial charge on any atom is 0.277 e. The van der Waals surface area contributed by atoms with Gasteiger partial charge in [-0.1, -0.05) is 35.2 Å². The fraction of sp³-hybridized carbons (Fsp3) is 0.600. The van der Waals surface area contributed by atoms with Gasteiger partial charge in [0.15, 0.2) is 6.54 Å². The standard InChI is InChI=1S/C20H30BrN3O2/c1-15-12-16(21)10-11-18(15)23-19(25)14-24(2)20(26)13-22-17-8-6-4-3-5-7-9-17/h10-12,17,22H,3-9,13-14H2,1-2H3,(H,23,25)/p+1. The summed E-state index contributed by atoms with van der Waals surface area (Å²) in [6, 6.07) is 6.25. The van der Waals surface area contributed by atoms with E-state index in [2.05, 4.69) is 26.6 Å². The third-order valence-corrected chi connectivity index (χ3v) is 5.54. The average Bonchev–Trinajstić information content (AvgIpc) is 2.56. The lowest BCUT2D eigenvalue weighted by Crippen LogP contribution is -2.92. The van der Waals surface area contributed by atoms with E-state index < -0.39 is 0 Å². The highest BCUT2D eigenvalue weighted by atomic mass is 79.9. The Labute approximate surface area is 165 Å². The van der Waals surface area contributed by atoms with Gasteiger partial charge in [-0.05, 0) is 56.4 Å². The first kappa shape index (κ1) is 20.9. The van der Waals surface area contributed by atoms with Gasteiger partial charge in [-0.25, -0.2) is 0 Å². The minimum Gasteiger partial charge on any atom is -0.336 e. The predicted octanol–water partition coefficient (Wildman–Crippen LogP) is 2.83. The van der Waals surface area contributed by atoms with Crippen molar-refractivity contribution in [3.05, 3.63) is 28.2 Å². The molecule has 26 heavy (non-hydrogen) atoms. The summed E-state index contributed by atoms with van der Waals surface area (Å²) in [7, 11) is 1.70. The van der Waals surface area contributed by atoms with E-state index in [1.807, 2.05) is 25.1 Å². The van der Waals surface area contributed by atoms with E-state index in [0.29, 0.717) is 12.6 Å². The smallest absolute Gasteiger partial charge is 0.277 e. The number of nitrogens with zero attached hydrogens (tertiary/aromatic N) is 1. The highest BCUT2D eigenvalue weighted by Crippen LogP contribution is 2.20. The van der Waals surface area contributed by atoms with Gasteiger partial charge in [0, 0.05) is 17.2 Å². The number of halogens is 1. The maximum atomic E-state index is 12.3. The second-order valence-corrected chi connectivity index (χ2v) is 8.22. The Morgan fingerprint density at radius 1 is 1.19 bits per heavy atom. The molecule has 0 radical (unpaired) electrons. The van der Waals surface area contributed by atoms with Crippen LogP contribution in [0.5, 0.6) is 0 Å². The third-order valence-electron chi connectivity index (χ3n) is 5.04. The van der Waals surface area contributed by atoms with Crippen LogP contribution in [0.1, 0.15) is 50.5 Å². The molecule has 1 aromatic carbocycles. The number of hydrogen-bond acceptors (Lipinski definition) is 2. The van der Waals surface area contributed by atoms with Gasteiger partial charge in [-0.2, -0.15) is 0 Å². The molecule has 0 aliphatic heterocycles. The van der Waals surface area contributed by atoms with Gasteiger partial charge in [0.1, 0.15) is 0 Å². The monoisotopic (exact) mass is 424 g/mol. The first-order valence-corrected chi connectivity index (χ1v) is 10.4. The largest absolute Gasteiger partial charge is 0.336 e. The molecule has 1 saturated carbocycles. The minimum atomic E-state index is -0.169. The summed E-state index contributed by atoms with van der Waals surface area (Å²) in [6.45, 7) is 2.44. The van der Waals surface area contributed by atoms with Crippen molar-refractivity contribution < 1.29 is 14.9 Å². The van der Waals surface area contributed by atoms with Crippen LogP contribution in [0.25, 0.3) is 0 Å². The molecular weight excluding hydrogens is 394 g/mol. The molecule has 0 atom stereocenters. The second-order valence-electron chi connectivity index (χ2n) is 7.30. The molecule has 1 aliphatic carbocycles. The molecule has 1 aromatic rings. The molecule has 0 saturated heterocycles. The van der Waals surface area contributed by atoms with Crippen LogP contribution in [0.2, 0.25) is 0 Å². The molecule has 1 fully saturated rings. The van der Waals surface area contributed by atoms with E-state index in [1.165, 1.54) is 49.8 Å². The number of benzene rings is 1. The normalized spacial score (nSPS) is 15.8. The number of hydrogen-bond donors (Lipinski definition) is 2. The van der Waals surface area contributed by atoms with E-state index in [-0.39, 0.29) is 18.4 Å². The van der Waals surface area contributed by atoms with Crippen LogP contribution >= 0.6 is 15.9 Å². The number of rotatable bonds is 6. The summed E-state index contributed by atoms with van der Waals surface area (Å²) in [5.41, 5.74) is 1.76.